The molecule has 2 aliphatic heterocycles. The van der Waals surface area contributed by atoms with Crippen molar-refractivity contribution in [1.29, 1.82) is 0 Å². The number of likely N-dealkylation sites (tertiary alicyclic amines) is 1. The van der Waals surface area contributed by atoms with Gasteiger partial charge in [0.05, 0.1) is 22.8 Å². The van der Waals surface area contributed by atoms with Gasteiger partial charge in [0.2, 0.25) is 11.8 Å². The first-order valence-corrected chi connectivity index (χ1v) is 12.5. The molecule has 1 aromatic heterocycles. The van der Waals surface area contributed by atoms with Gasteiger partial charge in [0.15, 0.2) is 0 Å². The molecule has 0 N–H and O–H groups in total. The van der Waals surface area contributed by atoms with Gasteiger partial charge in [-0.3, -0.25) is 14.5 Å². The lowest BCUT2D eigenvalue weighted by molar-refractivity contribution is -0.132. The minimum atomic E-state index is -0.0319. The van der Waals surface area contributed by atoms with E-state index in [-0.39, 0.29) is 18.4 Å². The van der Waals surface area contributed by atoms with Gasteiger partial charge >= 0.3 is 0 Å². The van der Waals surface area contributed by atoms with Crippen molar-refractivity contribution in [2.45, 2.75) is 31.2 Å². The Labute approximate surface area is 198 Å². The highest BCUT2D eigenvalue weighted by Crippen LogP contribution is 2.39. The van der Waals surface area contributed by atoms with E-state index in [1.54, 1.807) is 4.90 Å². The van der Waals surface area contributed by atoms with Crippen LogP contribution in [0.2, 0.25) is 0 Å². The number of anilines is 1. The molecule has 2 amide bonds. The fourth-order valence-electron chi connectivity index (χ4n) is 4.75. The minimum Gasteiger partial charge on any atom is -0.341 e. The summed E-state index contributed by atoms with van der Waals surface area (Å²) in [6.45, 7) is 3.49. The molecule has 3 aromatic rings. The summed E-state index contributed by atoms with van der Waals surface area (Å²) < 4.78 is 1.88. The number of aromatic nitrogens is 2. The Balaban J connectivity index is 1.27. The molecule has 0 aliphatic carbocycles. The van der Waals surface area contributed by atoms with Crippen LogP contribution in [0.5, 0.6) is 0 Å². The number of thioether (sulfide) groups is 1. The molecule has 1 fully saturated rings. The fraction of sp³-hybridized carbons (Fsp3) is 0.346. The molecular weight excluding hydrogens is 432 g/mol. The third-order valence-electron chi connectivity index (χ3n) is 6.52. The van der Waals surface area contributed by atoms with Crippen LogP contribution >= 0.6 is 11.8 Å². The van der Waals surface area contributed by atoms with Gasteiger partial charge in [-0.25, -0.2) is 4.68 Å². The zero-order valence-electron chi connectivity index (χ0n) is 18.8. The van der Waals surface area contributed by atoms with Gasteiger partial charge in [-0.15, -0.1) is 0 Å². The molecule has 2 aliphatic rings. The molecule has 3 heterocycles. The molecule has 2 aromatic carbocycles. The highest BCUT2D eigenvalue weighted by molar-refractivity contribution is 8.00. The van der Waals surface area contributed by atoms with Gasteiger partial charge in [-0.05, 0) is 49.8 Å². The minimum absolute atomic E-state index is 0.0197. The number of benzene rings is 2. The van der Waals surface area contributed by atoms with Gasteiger partial charge in [-0.1, -0.05) is 60.3 Å². The normalized spacial score (nSPS) is 16.7. The number of para-hydroxylation sites is 1. The van der Waals surface area contributed by atoms with Crippen LogP contribution in [-0.2, 0) is 16.0 Å². The first-order valence-electron chi connectivity index (χ1n) is 11.5. The summed E-state index contributed by atoms with van der Waals surface area (Å²) in [4.78, 5) is 29.6. The molecule has 6 nitrogen and oxygen atoms in total. The van der Waals surface area contributed by atoms with E-state index in [4.69, 9.17) is 5.10 Å². The number of carbonyl (C=O) groups is 2. The second-order valence-electron chi connectivity index (χ2n) is 8.77. The second-order valence-corrected chi connectivity index (χ2v) is 9.73. The number of rotatable bonds is 5. The maximum atomic E-state index is 13.2. The van der Waals surface area contributed by atoms with Crippen LogP contribution in [0.1, 0.15) is 24.1 Å². The molecule has 0 bridgehead atoms. The van der Waals surface area contributed by atoms with E-state index in [1.165, 1.54) is 17.3 Å². The van der Waals surface area contributed by atoms with E-state index in [2.05, 4.69) is 24.3 Å². The summed E-state index contributed by atoms with van der Waals surface area (Å²) in [6, 6.07) is 20.5. The van der Waals surface area contributed by atoms with Gasteiger partial charge < -0.3 is 4.90 Å². The SMILES string of the molecule is Cc1nn(-c2ccccc2)c2c1N(CC(=O)N1CCC(Cc3ccccc3)CC1)C(=O)CS2. The molecule has 170 valence electrons. The monoisotopic (exact) mass is 460 g/mol. The van der Waals surface area contributed by atoms with Gasteiger partial charge in [0.1, 0.15) is 11.6 Å². The van der Waals surface area contributed by atoms with Crippen LogP contribution in [0.3, 0.4) is 0 Å². The van der Waals surface area contributed by atoms with Crippen molar-refractivity contribution >= 4 is 29.3 Å². The van der Waals surface area contributed by atoms with Crippen LogP contribution in [0.15, 0.2) is 65.7 Å². The van der Waals surface area contributed by atoms with Crippen molar-refractivity contribution in [3.05, 3.63) is 71.9 Å². The maximum absolute atomic E-state index is 13.2. The largest absolute Gasteiger partial charge is 0.341 e. The van der Waals surface area contributed by atoms with Gasteiger partial charge in [0.25, 0.3) is 0 Å². The van der Waals surface area contributed by atoms with Crippen LogP contribution < -0.4 is 4.90 Å². The molecule has 1 saturated heterocycles. The molecule has 0 atom stereocenters. The fourth-order valence-corrected chi connectivity index (χ4v) is 5.83. The summed E-state index contributed by atoms with van der Waals surface area (Å²) in [5.74, 6) is 0.904. The molecular formula is C26H28N4O2S. The number of piperidine rings is 1. The topological polar surface area (TPSA) is 58.4 Å². The second kappa shape index (κ2) is 9.43. The highest BCUT2D eigenvalue weighted by Gasteiger charge is 2.34. The summed E-state index contributed by atoms with van der Waals surface area (Å²) in [7, 11) is 0. The lowest BCUT2D eigenvalue weighted by atomic mass is 9.90. The molecule has 33 heavy (non-hydrogen) atoms. The first kappa shape index (κ1) is 21.8. The number of aryl methyl sites for hydroxylation is 1. The van der Waals surface area contributed by atoms with Crippen LogP contribution in [0.25, 0.3) is 5.69 Å². The van der Waals surface area contributed by atoms with Crippen molar-refractivity contribution in [1.82, 2.24) is 14.7 Å². The number of amides is 2. The molecule has 0 saturated carbocycles. The van der Waals surface area contributed by atoms with E-state index in [0.717, 1.165) is 54.4 Å². The van der Waals surface area contributed by atoms with Crippen LogP contribution in [-0.4, -0.2) is 51.9 Å². The van der Waals surface area contributed by atoms with Crippen molar-refractivity contribution in [2.24, 2.45) is 5.92 Å². The van der Waals surface area contributed by atoms with E-state index >= 15 is 0 Å². The summed E-state index contributed by atoms with van der Waals surface area (Å²) in [5, 5.41) is 5.62. The number of hydrogen-bond acceptors (Lipinski definition) is 4. The highest BCUT2D eigenvalue weighted by atomic mass is 32.2. The van der Waals surface area contributed by atoms with E-state index in [0.29, 0.717) is 11.7 Å². The number of carbonyl (C=O) groups excluding carboxylic acids is 2. The number of fused-ring (bicyclic) bond motifs is 1. The van der Waals surface area contributed by atoms with Crippen molar-refractivity contribution < 1.29 is 9.59 Å². The average Bonchev–Trinajstić information content (AvgIpc) is 3.19. The Hall–Kier alpha value is -3.06. The maximum Gasteiger partial charge on any atom is 0.242 e. The van der Waals surface area contributed by atoms with Gasteiger partial charge in [-0.2, -0.15) is 5.10 Å². The zero-order valence-corrected chi connectivity index (χ0v) is 19.6. The number of hydrogen-bond donors (Lipinski definition) is 0. The van der Waals surface area contributed by atoms with Crippen LogP contribution in [0.4, 0.5) is 5.69 Å². The third-order valence-corrected chi connectivity index (χ3v) is 7.55. The summed E-state index contributed by atoms with van der Waals surface area (Å²) >= 11 is 1.49. The van der Waals surface area contributed by atoms with Crippen molar-refractivity contribution in [3.63, 3.8) is 0 Å². The Kier molecular flexibility index (Phi) is 6.22. The van der Waals surface area contributed by atoms with E-state index < -0.39 is 0 Å². The van der Waals surface area contributed by atoms with Crippen molar-refractivity contribution in [2.75, 3.05) is 30.3 Å². The van der Waals surface area contributed by atoms with E-state index in [9.17, 15) is 9.59 Å². The molecule has 5 rings (SSSR count). The molecule has 0 radical (unpaired) electrons. The lowest BCUT2D eigenvalue weighted by Gasteiger charge is -2.34. The Morgan fingerprint density at radius 1 is 1.03 bits per heavy atom. The van der Waals surface area contributed by atoms with Crippen molar-refractivity contribution in [3.8, 4) is 5.69 Å². The summed E-state index contributed by atoms with van der Waals surface area (Å²) in [6.07, 6.45) is 3.06. The lowest BCUT2D eigenvalue weighted by Crippen LogP contribution is -2.47. The average molecular weight is 461 g/mol. The Morgan fingerprint density at radius 2 is 1.70 bits per heavy atom. The van der Waals surface area contributed by atoms with Gasteiger partial charge in [0, 0.05) is 13.1 Å². The predicted molar refractivity (Wildman–Crippen MR) is 131 cm³/mol. The quantitative estimate of drug-likeness (QED) is 0.575. The van der Waals surface area contributed by atoms with Crippen LogP contribution in [0, 0.1) is 12.8 Å². The standard InChI is InChI=1S/C26H28N4O2S/c1-19-25-26(30(27-19)22-10-6-3-7-11-22)33-18-24(32)29(25)17-23(31)28-14-12-21(13-15-28)16-20-8-4-2-5-9-20/h2-11,21H,12-18H2,1H3. The molecule has 0 unspecified atom stereocenters. The predicted octanol–water partition coefficient (Wildman–Crippen LogP) is 4.10. The molecule has 0 spiro atoms. The van der Waals surface area contributed by atoms with E-state index in [1.807, 2.05) is 52.9 Å². The Morgan fingerprint density at radius 3 is 2.39 bits per heavy atom. The number of nitrogens with zero attached hydrogens (tertiary/aromatic N) is 4. The smallest absolute Gasteiger partial charge is 0.242 e. The third kappa shape index (κ3) is 4.55. The molecule has 7 heteroatoms. The summed E-state index contributed by atoms with van der Waals surface area (Å²) in [5.41, 5.74) is 3.85. The first-order chi connectivity index (χ1) is 16.1. The zero-order chi connectivity index (χ0) is 22.8. The Bertz CT molecular complexity index is 1140.